The summed E-state index contributed by atoms with van der Waals surface area (Å²) in [5, 5.41) is 20.2. The molecule has 2 N–H and O–H groups in total. The first-order valence-corrected chi connectivity index (χ1v) is 7.22. The smallest absolute Gasteiger partial charge is 0.0844 e. The van der Waals surface area contributed by atoms with E-state index in [0.717, 1.165) is 30.4 Å². The van der Waals surface area contributed by atoms with Crippen molar-refractivity contribution in [1.29, 1.82) is 0 Å². The summed E-state index contributed by atoms with van der Waals surface area (Å²) in [5.74, 6) is 0. The summed E-state index contributed by atoms with van der Waals surface area (Å²) >= 11 is 0. The van der Waals surface area contributed by atoms with Crippen molar-refractivity contribution in [2.45, 2.75) is 50.5 Å². The number of aliphatic hydroxyl groups excluding tert-OH is 2. The summed E-state index contributed by atoms with van der Waals surface area (Å²) in [7, 11) is 0. The minimum atomic E-state index is -0.498. The second-order valence-corrected chi connectivity index (χ2v) is 5.68. The molecule has 1 aliphatic carbocycles. The van der Waals surface area contributed by atoms with E-state index in [9.17, 15) is 10.2 Å². The van der Waals surface area contributed by atoms with Crippen LogP contribution in [-0.4, -0.2) is 22.9 Å². The van der Waals surface area contributed by atoms with Gasteiger partial charge in [-0.05, 0) is 43.2 Å². The summed E-state index contributed by atoms with van der Waals surface area (Å²) in [4.78, 5) is 0. The first kappa shape index (κ1) is 14.3. The van der Waals surface area contributed by atoms with Gasteiger partial charge in [0.15, 0.2) is 0 Å². The summed E-state index contributed by atoms with van der Waals surface area (Å²) in [6, 6.07) is 10.1. The fourth-order valence-corrected chi connectivity index (χ4v) is 3.01. The van der Waals surface area contributed by atoms with E-state index in [2.05, 4.69) is 13.0 Å². The molecule has 0 spiro atoms. The Labute approximate surface area is 115 Å². The molecule has 0 bridgehead atoms. The molecule has 0 amide bonds. The third-order valence-corrected chi connectivity index (χ3v) is 4.35. The second kappa shape index (κ2) is 6.36. The molecule has 0 unspecified atom stereocenters. The molecule has 1 aromatic carbocycles. The topological polar surface area (TPSA) is 40.5 Å². The standard InChI is InChI=1S/C17H24O2/c1-17(12-13-18,15-10-6-3-7-11-15)16(19)14-8-4-2-5-9-14/h3,6-8,10-11,16,18-19H,2,4-5,9,12-13H2,1H3/t16-,17-/m0/s1. The van der Waals surface area contributed by atoms with Crippen molar-refractivity contribution in [1.82, 2.24) is 0 Å². The SMILES string of the molecule is C[C@](CCO)(c1ccccc1)[C@@H](O)C1=CCCCC1. The van der Waals surface area contributed by atoms with Gasteiger partial charge >= 0.3 is 0 Å². The summed E-state index contributed by atoms with van der Waals surface area (Å²) in [5.41, 5.74) is 1.84. The van der Waals surface area contributed by atoms with Crippen molar-refractivity contribution >= 4 is 0 Å². The molecule has 2 rings (SSSR count). The van der Waals surface area contributed by atoms with Crippen LogP contribution >= 0.6 is 0 Å². The molecule has 0 radical (unpaired) electrons. The summed E-state index contributed by atoms with van der Waals surface area (Å²) < 4.78 is 0. The van der Waals surface area contributed by atoms with E-state index in [0.29, 0.717) is 6.42 Å². The Bertz CT molecular complexity index is 424. The molecule has 0 aromatic heterocycles. The van der Waals surface area contributed by atoms with E-state index in [1.54, 1.807) is 0 Å². The Kier molecular flexibility index (Phi) is 4.78. The number of hydrogen-bond acceptors (Lipinski definition) is 2. The molecule has 19 heavy (non-hydrogen) atoms. The second-order valence-electron chi connectivity index (χ2n) is 5.68. The van der Waals surface area contributed by atoms with Crippen molar-refractivity contribution in [2.75, 3.05) is 6.61 Å². The zero-order valence-electron chi connectivity index (χ0n) is 11.7. The highest BCUT2D eigenvalue weighted by molar-refractivity contribution is 5.31. The van der Waals surface area contributed by atoms with E-state index in [1.807, 2.05) is 30.3 Å². The first-order valence-electron chi connectivity index (χ1n) is 7.22. The van der Waals surface area contributed by atoms with Crippen molar-refractivity contribution in [2.24, 2.45) is 0 Å². The lowest BCUT2D eigenvalue weighted by Gasteiger charge is -2.37. The maximum absolute atomic E-state index is 10.8. The van der Waals surface area contributed by atoms with E-state index in [-0.39, 0.29) is 6.61 Å². The van der Waals surface area contributed by atoms with Crippen LogP contribution in [0.15, 0.2) is 42.0 Å². The number of allylic oxidation sites excluding steroid dienone is 1. The zero-order chi connectivity index (χ0) is 13.7. The molecule has 2 atom stereocenters. The Morgan fingerprint density at radius 1 is 1.21 bits per heavy atom. The highest BCUT2D eigenvalue weighted by Gasteiger charge is 2.36. The van der Waals surface area contributed by atoms with Crippen LogP contribution in [0.2, 0.25) is 0 Å². The molecule has 0 aliphatic heterocycles. The average Bonchev–Trinajstić information content (AvgIpc) is 2.48. The van der Waals surface area contributed by atoms with Crippen LogP contribution in [0.5, 0.6) is 0 Å². The predicted octanol–water partition coefficient (Wildman–Crippen LogP) is 3.19. The maximum Gasteiger partial charge on any atom is 0.0844 e. The van der Waals surface area contributed by atoms with Crippen LogP contribution in [0, 0.1) is 0 Å². The van der Waals surface area contributed by atoms with Gasteiger partial charge in [0.05, 0.1) is 6.10 Å². The van der Waals surface area contributed by atoms with Crippen molar-refractivity contribution in [3.63, 3.8) is 0 Å². The van der Waals surface area contributed by atoms with Gasteiger partial charge in [-0.15, -0.1) is 0 Å². The van der Waals surface area contributed by atoms with Crippen LogP contribution in [-0.2, 0) is 5.41 Å². The minimum absolute atomic E-state index is 0.0930. The van der Waals surface area contributed by atoms with E-state index in [1.165, 1.54) is 6.42 Å². The zero-order valence-corrected chi connectivity index (χ0v) is 11.7. The Morgan fingerprint density at radius 3 is 2.53 bits per heavy atom. The van der Waals surface area contributed by atoms with Crippen LogP contribution in [0.1, 0.15) is 44.6 Å². The largest absolute Gasteiger partial charge is 0.396 e. The van der Waals surface area contributed by atoms with Gasteiger partial charge < -0.3 is 10.2 Å². The third-order valence-electron chi connectivity index (χ3n) is 4.35. The quantitative estimate of drug-likeness (QED) is 0.798. The summed E-state index contributed by atoms with van der Waals surface area (Å²) in [6.45, 7) is 2.15. The van der Waals surface area contributed by atoms with Crippen molar-refractivity contribution in [3.05, 3.63) is 47.5 Å². The van der Waals surface area contributed by atoms with Gasteiger partial charge in [0, 0.05) is 12.0 Å². The van der Waals surface area contributed by atoms with Gasteiger partial charge in [0.1, 0.15) is 0 Å². The summed E-state index contributed by atoms with van der Waals surface area (Å²) in [6.07, 6.45) is 6.70. The average molecular weight is 260 g/mol. The molecule has 0 fully saturated rings. The van der Waals surface area contributed by atoms with Crippen LogP contribution in [0.4, 0.5) is 0 Å². The fraction of sp³-hybridized carbons (Fsp3) is 0.529. The number of aliphatic hydroxyl groups is 2. The van der Waals surface area contributed by atoms with Gasteiger partial charge in [-0.1, -0.05) is 43.3 Å². The molecular weight excluding hydrogens is 236 g/mol. The van der Waals surface area contributed by atoms with Crippen molar-refractivity contribution in [3.8, 4) is 0 Å². The van der Waals surface area contributed by atoms with E-state index < -0.39 is 11.5 Å². The van der Waals surface area contributed by atoms with Gasteiger partial charge in [-0.2, -0.15) is 0 Å². The molecule has 104 valence electrons. The highest BCUT2D eigenvalue weighted by atomic mass is 16.3. The van der Waals surface area contributed by atoms with Gasteiger partial charge in [0.2, 0.25) is 0 Å². The Morgan fingerprint density at radius 2 is 1.95 bits per heavy atom. The normalized spacial score (nSPS) is 20.5. The third kappa shape index (κ3) is 3.07. The first-order chi connectivity index (χ1) is 9.18. The number of rotatable bonds is 5. The highest BCUT2D eigenvalue weighted by Crippen LogP contribution is 2.37. The van der Waals surface area contributed by atoms with Gasteiger partial charge in [-0.3, -0.25) is 0 Å². The molecular formula is C17H24O2. The molecule has 2 heteroatoms. The van der Waals surface area contributed by atoms with Gasteiger partial charge in [-0.25, -0.2) is 0 Å². The lowest BCUT2D eigenvalue weighted by Crippen LogP contribution is -2.39. The van der Waals surface area contributed by atoms with Crippen LogP contribution < -0.4 is 0 Å². The lowest BCUT2D eigenvalue weighted by atomic mass is 9.71. The molecule has 0 saturated carbocycles. The monoisotopic (exact) mass is 260 g/mol. The van der Waals surface area contributed by atoms with Gasteiger partial charge in [0.25, 0.3) is 0 Å². The molecule has 0 saturated heterocycles. The molecule has 2 nitrogen and oxygen atoms in total. The number of benzene rings is 1. The maximum atomic E-state index is 10.8. The van der Waals surface area contributed by atoms with Crippen molar-refractivity contribution < 1.29 is 10.2 Å². The molecule has 0 heterocycles. The Hall–Kier alpha value is -1.12. The Balaban J connectivity index is 2.30. The van der Waals surface area contributed by atoms with E-state index >= 15 is 0 Å². The lowest BCUT2D eigenvalue weighted by molar-refractivity contribution is 0.0948. The molecule has 1 aromatic rings. The van der Waals surface area contributed by atoms with Crippen LogP contribution in [0.3, 0.4) is 0 Å². The molecule has 1 aliphatic rings. The van der Waals surface area contributed by atoms with Crippen LogP contribution in [0.25, 0.3) is 0 Å². The van der Waals surface area contributed by atoms with E-state index in [4.69, 9.17) is 0 Å². The minimum Gasteiger partial charge on any atom is -0.396 e. The fourth-order valence-electron chi connectivity index (χ4n) is 3.01. The number of hydrogen-bond donors (Lipinski definition) is 2. The predicted molar refractivity (Wildman–Crippen MR) is 78.1 cm³/mol.